The number of primary amides is 1. The average molecular weight is 268 g/mol. The summed E-state index contributed by atoms with van der Waals surface area (Å²) in [6, 6.07) is 17.1. The highest BCUT2D eigenvalue weighted by Gasteiger charge is 2.17. The molecule has 0 spiro atoms. The molecule has 2 aromatic rings. The van der Waals surface area contributed by atoms with E-state index in [9.17, 15) is 4.79 Å². The third-order valence-electron chi connectivity index (χ3n) is 3.31. The summed E-state index contributed by atoms with van der Waals surface area (Å²) in [5.41, 5.74) is 8.52. The Morgan fingerprint density at radius 3 is 2.05 bits per heavy atom. The number of carbonyl (C=O) groups excluding carboxylic acids is 1. The Labute approximate surface area is 119 Å². The van der Waals surface area contributed by atoms with Crippen molar-refractivity contribution in [1.29, 1.82) is 0 Å². The zero-order valence-corrected chi connectivity index (χ0v) is 11.8. The largest absolute Gasteiger partial charge is 0.370 e. The molecule has 104 valence electrons. The Bertz CT molecular complexity index is 561. The Hall–Kier alpha value is -2.29. The van der Waals surface area contributed by atoms with Gasteiger partial charge < -0.3 is 11.1 Å². The molecule has 3 nitrogen and oxygen atoms in total. The molecule has 1 atom stereocenters. The lowest BCUT2D eigenvalue weighted by molar-refractivity contribution is -0.118. The van der Waals surface area contributed by atoms with Crippen LogP contribution in [0.5, 0.6) is 0 Å². The van der Waals surface area contributed by atoms with Gasteiger partial charge in [0, 0.05) is 5.69 Å². The predicted molar refractivity (Wildman–Crippen MR) is 82.5 cm³/mol. The van der Waals surface area contributed by atoms with Crippen LogP contribution in [0.15, 0.2) is 54.6 Å². The minimum absolute atomic E-state index is 0.385. The Morgan fingerprint density at radius 2 is 1.55 bits per heavy atom. The predicted octanol–water partition coefficient (Wildman–Crippen LogP) is 3.45. The molecule has 0 saturated carbocycles. The molecule has 0 heterocycles. The van der Waals surface area contributed by atoms with Gasteiger partial charge in [-0.3, -0.25) is 4.79 Å². The monoisotopic (exact) mass is 268 g/mol. The minimum Gasteiger partial charge on any atom is -0.370 e. The van der Waals surface area contributed by atoms with Crippen molar-refractivity contribution in [2.75, 3.05) is 5.32 Å². The molecule has 2 rings (SSSR count). The van der Waals surface area contributed by atoms with Gasteiger partial charge in [0.05, 0.1) is 0 Å². The van der Waals surface area contributed by atoms with E-state index in [0.29, 0.717) is 5.92 Å². The lowest BCUT2D eigenvalue weighted by atomic mass is 10.0. The van der Waals surface area contributed by atoms with E-state index in [0.717, 1.165) is 11.3 Å². The van der Waals surface area contributed by atoms with Gasteiger partial charge in [-0.15, -0.1) is 0 Å². The molecule has 0 bridgehead atoms. The molecule has 1 amide bonds. The first-order valence-electron chi connectivity index (χ1n) is 6.78. The van der Waals surface area contributed by atoms with Crippen LogP contribution in [0.1, 0.15) is 36.9 Å². The summed E-state index contributed by atoms with van der Waals surface area (Å²) in [6.45, 7) is 4.30. The molecular formula is C17H20N2O. The van der Waals surface area contributed by atoms with E-state index in [1.165, 1.54) is 5.56 Å². The Kier molecular flexibility index (Phi) is 4.41. The van der Waals surface area contributed by atoms with Crippen molar-refractivity contribution in [2.45, 2.75) is 25.8 Å². The van der Waals surface area contributed by atoms with Crippen LogP contribution in [0.3, 0.4) is 0 Å². The van der Waals surface area contributed by atoms with E-state index in [2.05, 4.69) is 31.3 Å². The highest BCUT2D eigenvalue weighted by atomic mass is 16.1. The Balaban J connectivity index is 2.19. The maximum Gasteiger partial charge on any atom is 0.244 e. The Morgan fingerprint density at radius 1 is 0.950 bits per heavy atom. The summed E-state index contributed by atoms with van der Waals surface area (Å²) in [5, 5.41) is 3.19. The molecule has 0 fully saturated rings. The fourth-order valence-corrected chi connectivity index (χ4v) is 2.10. The normalized spacial score (nSPS) is 12.2. The van der Waals surface area contributed by atoms with Crippen molar-refractivity contribution in [2.24, 2.45) is 5.73 Å². The van der Waals surface area contributed by atoms with E-state index >= 15 is 0 Å². The molecule has 3 N–H and O–H groups in total. The van der Waals surface area contributed by atoms with Gasteiger partial charge in [0.2, 0.25) is 5.91 Å². The number of hydrogen-bond donors (Lipinski definition) is 2. The number of anilines is 1. The van der Waals surface area contributed by atoms with Crippen LogP contribution < -0.4 is 11.1 Å². The number of nitrogens with one attached hydrogen (secondary N) is 1. The second-order valence-electron chi connectivity index (χ2n) is 5.17. The molecule has 3 heteroatoms. The second-order valence-corrected chi connectivity index (χ2v) is 5.17. The second kappa shape index (κ2) is 6.24. The zero-order valence-electron chi connectivity index (χ0n) is 11.8. The maximum absolute atomic E-state index is 11.6. The van der Waals surface area contributed by atoms with Crippen LogP contribution in [-0.4, -0.2) is 5.91 Å². The molecule has 20 heavy (non-hydrogen) atoms. The molecule has 0 radical (unpaired) electrons. The fourth-order valence-electron chi connectivity index (χ4n) is 2.10. The molecule has 0 saturated heterocycles. The molecule has 0 aromatic heterocycles. The third kappa shape index (κ3) is 3.38. The maximum atomic E-state index is 11.6. The van der Waals surface area contributed by atoms with Crippen LogP contribution in [-0.2, 0) is 4.79 Å². The molecule has 2 aromatic carbocycles. The first-order valence-corrected chi connectivity index (χ1v) is 6.78. The number of carbonyl (C=O) groups is 1. The number of amides is 1. The van der Waals surface area contributed by atoms with E-state index in [1.54, 1.807) is 0 Å². The van der Waals surface area contributed by atoms with Gasteiger partial charge in [-0.25, -0.2) is 0 Å². The molecule has 0 unspecified atom stereocenters. The van der Waals surface area contributed by atoms with Gasteiger partial charge in [-0.05, 0) is 29.2 Å². The number of rotatable bonds is 5. The van der Waals surface area contributed by atoms with E-state index in [-0.39, 0.29) is 5.91 Å². The van der Waals surface area contributed by atoms with Crippen LogP contribution in [0.25, 0.3) is 0 Å². The van der Waals surface area contributed by atoms with Crippen LogP contribution in [0.2, 0.25) is 0 Å². The molecule has 0 aliphatic carbocycles. The van der Waals surface area contributed by atoms with Gasteiger partial charge >= 0.3 is 0 Å². The summed E-state index contributed by atoms with van der Waals surface area (Å²) < 4.78 is 0. The lowest BCUT2D eigenvalue weighted by Crippen LogP contribution is -2.27. The van der Waals surface area contributed by atoms with E-state index < -0.39 is 6.04 Å². The SMILES string of the molecule is CC(C)c1ccc(N[C@H](C(N)=O)c2ccccc2)cc1. The van der Waals surface area contributed by atoms with E-state index in [1.807, 2.05) is 42.5 Å². The summed E-state index contributed by atoms with van der Waals surface area (Å²) in [5.74, 6) is 0.106. The highest BCUT2D eigenvalue weighted by molar-refractivity contribution is 5.84. The first-order chi connectivity index (χ1) is 9.58. The van der Waals surface area contributed by atoms with Crippen molar-refractivity contribution in [1.82, 2.24) is 0 Å². The smallest absolute Gasteiger partial charge is 0.244 e. The van der Waals surface area contributed by atoms with Gasteiger partial charge in [0.25, 0.3) is 0 Å². The van der Waals surface area contributed by atoms with Crippen molar-refractivity contribution >= 4 is 11.6 Å². The number of benzene rings is 2. The summed E-state index contributed by atoms with van der Waals surface area (Å²) in [6.07, 6.45) is 0. The van der Waals surface area contributed by atoms with Crippen molar-refractivity contribution < 1.29 is 4.79 Å². The van der Waals surface area contributed by atoms with Crippen molar-refractivity contribution in [3.05, 3.63) is 65.7 Å². The van der Waals surface area contributed by atoms with Crippen LogP contribution in [0.4, 0.5) is 5.69 Å². The molecule has 0 aliphatic rings. The third-order valence-corrected chi connectivity index (χ3v) is 3.31. The molecular weight excluding hydrogens is 248 g/mol. The van der Waals surface area contributed by atoms with Crippen molar-refractivity contribution in [3.8, 4) is 0 Å². The minimum atomic E-state index is -0.513. The first kappa shape index (κ1) is 14.1. The van der Waals surface area contributed by atoms with Crippen LogP contribution >= 0.6 is 0 Å². The van der Waals surface area contributed by atoms with Gasteiger partial charge in [0.15, 0.2) is 0 Å². The highest BCUT2D eigenvalue weighted by Crippen LogP contribution is 2.22. The lowest BCUT2D eigenvalue weighted by Gasteiger charge is -2.17. The van der Waals surface area contributed by atoms with Crippen LogP contribution in [0, 0.1) is 0 Å². The fraction of sp³-hybridized carbons (Fsp3) is 0.235. The molecule has 0 aliphatic heterocycles. The number of nitrogens with two attached hydrogens (primary N) is 1. The topological polar surface area (TPSA) is 55.1 Å². The van der Waals surface area contributed by atoms with Gasteiger partial charge in [-0.1, -0.05) is 56.3 Å². The number of hydrogen-bond acceptors (Lipinski definition) is 2. The van der Waals surface area contributed by atoms with Crippen molar-refractivity contribution in [3.63, 3.8) is 0 Å². The summed E-state index contributed by atoms with van der Waals surface area (Å²) in [7, 11) is 0. The van der Waals surface area contributed by atoms with E-state index in [4.69, 9.17) is 5.73 Å². The summed E-state index contributed by atoms with van der Waals surface area (Å²) in [4.78, 5) is 11.6. The quantitative estimate of drug-likeness (QED) is 0.872. The summed E-state index contributed by atoms with van der Waals surface area (Å²) >= 11 is 0. The average Bonchev–Trinajstić information content (AvgIpc) is 2.46. The standard InChI is InChI=1S/C17H20N2O/c1-12(2)13-8-10-15(11-9-13)19-16(17(18)20)14-6-4-3-5-7-14/h3-12,16,19H,1-2H3,(H2,18,20)/t16-/m0/s1. The zero-order chi connectivity index (χ0) is 14.5. The van der Waals surface area contributed by atoms with Gasteiger partial charge in [-0.2, -0.15) is 0 Å². The van der Waals surface area contributed by atoms with Gasteiger partial charge in [0.1, 0.15) is 6.04 Å².